The van der Waals surface area contributed by atoms with Crippen LogP contribution in [0, 0.1) is 5.82 Å². The monoisotopic (exact) mass is 256 g/mol. The first-order valence-corrected chi connectivity index (χ1v) is 6.52. The summed E-state index contributed by atoms with van der Waals surface area (Å²) in [4.78, 5) is 0. The molecule has 3 heteroatoms. The molecule has 0 unspecified atom stereocenters. The van der Waals surface area contributed by atoms with Gasteiger partial charge in [0.25, 0.3) is 0 Å². The van der Waals surface area contributed by atoms with Crippen molar-refractivity contribution in [3.63, 3.8) is 0 Å². The quantitative estimate of drug-likeness (QED) is 0.764. The molecular weight excluding hydrogens is 238 g/mol. The van der Waals surface area contributed by atoms with E-state index in [2.05, 4.69) is 19.9 Å². The third kappa shape index (κ3) is 2.98. The molecule has 0 aromatic heterocycles. The van der Waals surface area contributed by atoms with Crippen molar-refractivity contribution in [1.82, 2.24) is 0 Å². The number of rotatable bonds is 4. The first kappa shape index (κ1) is 13.7. The third-order valence-electron chi connectivity index (χ3n) is 3.37. The molecule has 0 aliphatic rings. The molecule has 0 aliphatic carbocycles. The third-order valence-corrected chi connectivity index (χ3v) is 3.37. The van der Waals surface area contributed by atoms with Gasteiger partial charge in [-0.05, 0) is 23.7 Å². The molecule has 2 aromatic carbocycles. The topological polar surface area (TPSA) is 9.23 Å². The van der Waals surface area contributed by atoms with Crippen molar-refractivity contribution in [1.29, 1.82) is 0 Å². The summed E-state index contributed by atoms with van der Waals surface area (Å²) in [6.07, 6.45) is 0. The van der Waals surface area contributed by atoms with Gasteiger partial charge in [-0.3, -0.25) is 0 Å². The van der Waals surface area contributed by atoms with E-state index in [4.69, 9.17) is 4.74 Å². The van der Waals surface area contributed by atoms with Crippen LogP contribution in [-0.4, -0.2) is 13.8 Å². The molecule has 1 nitrogen and oxygen atoms in total. The summed E-state index contributed by atoms with van der Waals surface area (Å²) >= 11 is 0. The molecule has 0 amide bonds. The Morgan fingerprint density at radius 2 is 1.63 bits per heavy atom. The molecule has 0 fully saturated rings. The molecule has 0 saturated heterocycles. The summed E-state index contributed by atoms with van der Waals surface area (Å²) in [5.74, 6) is 1.08. The number of benzene rings is 2. The number of methoxy groups -OCH3 is 1. The highest BCUT2D eigenvalue weighted by Gasteiger charge is 2.25. The Hall–Kier alpha value is -1.77. The zero-order chi connectivity index (χ0) is 13.8. The van der Waals surface area contributed by atoms with E-state index in [0.717, 1.165) is 16.7 Å². The molecule has 0 N–H and O–H groups in total. The van der Waals surface area contributed by atoms with Crippen LogP contribution in [0.2, 0.25) is 5.82 Å². The second-order valence-corrected chi connectivity index (χ2v) is 5.02. The minimum atomic E-state index is -0.203. The Labute approximate surface area is 114 Å². The summed E-state index contributed by atoms with van der Waals surface area (Å²) in [6.45, 7) is 4.54. The molecule has 2 rings (SSSR count). The number of para-hydroxylation sites is 1. The van der Waals surface area contributed by atoms with Crippen LogP contribution in [0.25, 0.3) is 0 Å². The molecule has 0 heterocycles. The predicted molar refractivity (Wildman–Crippen MR) is 79.5 cm³/mol. The van der Waals surface area contributed by atoms with Crippen molar-refractivity contribution >= 4 is 17.6 Å². The standard InChI is InChI=1S/C16H18BFO/c1-12(2)17(13-8-10-14(18)11-9-13)15-6-4-5-7-16(15)19-3/h4-12H,1-3H3. The van der Waals surface area contributed by atoms with E-state index < -0.39 is 0 Å². The molecule has 0 aliphatic heterocycles. The van der Waals surface area contributed by atoms with E-state index in [-0.39, 0.29) is 12.5 Å². The summed E-state index contributed by atoms with van der Waals surface area (Å²) in [6, 6.07) is 14.8. The lowest BCUT2D eigenvalue weighted by Crippen LogP contribution is -2.45. The van der Waals surface area contributed by atoms with Crippen molar-refractivity contribution < 1.29 is 9.13 Å². The van der Waals surface area contributed by atoms with Crippen molar-refractivity contribution in [2.24, 2.45) is 0 Å². The molecule has 0 spiro atoms. The number of ether oxygens (including phenoxy) is 1. The number of hydrogen-bond donors (Lipinski definition) is 0. The van der Waals surface area contributed by atoms with Crippen LogP contribution in [0.3, 0.4) is 0 Å². The van der Waals surface area contributed by atoms with Crippen LogP contribution in [-0.2, 0) is 0 Å². The fourth-order valence-corrected chi connectivity index (χ4v) is 2.52. The van der Waals surface area contributed by atoms with E-state index >= 15 is 0 Å². The van der Waals surface area contributed by atoms with Crippen LogP contribution in [0.5, 0.6) is 5.75 Å². The maximum Gasteiger partial charge on any atom is 0.216 e. The molecule has 0 bridgehead atoms. The molecular formula is C16H18BFO. The highest BCUT2D eigenvalue weighted by molar-refractivity contribution is 6.86. The van der Waals surface area contributed by atoms with Crippen LogP contribution in [0.15, 0.2) is 48.5 Å². The summed E-state index contributed by atoms with van der Waals surface area (Å²) in [7, 11) is 1.68. The maximum atomic E-state index is 13.1. The number of halogens is 1. The Morgan fingerprint density at radius 3 is 2.21 bits per heavy atom. The number of hydrogen-bond acceptors (Lipinski definition) is 1. The van der Waals surface area contributed by atoms with Crippen LogP contribution < -0.4 is 15.7 Å². The summed E-state index contributed by atoms with van der Waals surface area (Å²) in [5, 5.41) is 0. The summed E-state index contributed by atoms with van der Waals surface area (Å²) in [5.41, 5.74) is 2.26. The molecule has 0 saturated carbocycles. The lowest BCUT2D eigenvalue weighted by atomic mass is 9.34. The maximum absolute atomic E-state index is 13.1. The van der Waals surface area contributed by atoms with Crippen molar-refractivity contribution in [3.05, 3.63) is 54.3 Å². The molecule has 2 aromatic rings. The first-order chi connectivity index (χ1) is 9.13. The van der Waals surface area contributed by atoms with E-state index in [1.165, 1.54) is 12.1 Å². The van der Waals surface area contributed by atoms with Crippen LogP contribution >= 0.6 is 0 Å². The Bertz CT molecular complexity index is 537. The van der Waals surface area contributed by atoms with Crippen molar-refractivity contribution in [2.75, 3.05) is 7.11 Å². The minimum absolute atomic E-state index is 0.203. The molecule has 0 radical (unpaired) electrons. The lowest BCUT2D eigenvalue weighted by molar-refractivity contribution is 0.418. The van der Waals surface area contributed by atoms with E-state index in [1.54, 1.807) is 7.11 Å². The van der Waals surface area contributed by atoms with Gasteiger partial charge in [0.1, 0.15) is 11.6 Å². The first-order valence-electron chi connectivity index (χ1n) is 6.52. The van der Waals surface area contributed by atoms with Gasteiger partial charge >= 0.3 is 0 Å². The van der Waals surface area contributed by atoms with Gasteiger partial charge in [-0.15, -0.1) is 0 Å². The Kier molecular flexibility index (Phi) is 4.25. The zero-order valence-corrected chi connectivity index (χ0v) is 11.6. The minimum Gasteiger partial charge on any atom is -0.497 e. The largest absolute Gasteiger partial charge is 0.497 e. The van der Waals surface area contributed by atoms with Crippen molar-refractivity contribution in [2.45, 2.75) is 19.7 Å². The van der Waals surface area contributed by atoms with Gasteiger partial charge in [0.2, 0.25) is 6.71 Å². The highest BCUT2D eigenvalue weighted by atomic mass is 19.1. The average Bonchev–Trinajstić information content (AvgIpc) is 2.41. The second-order valence-electron chi connectivity index (χ2n) is 5.02. The fraction of sp³-hybridized carbons (Fsp3) is 0.250. The Balaban J connectivity index is 2.48. The van der Waals surface area contributed by atoms with Gasteiger partial charge in [-0.2, -0.15) is 0 Å². The second kappa shape index (κ2) is 5.92. The van der Waals surface area contributed by atoms with Gasteiger partial charge in [0, 0.05) is 0 Å². The molecule has 19 heavy (non-hydrogen) atoms. The van der Waals surface area contributed by atoms with E-state index in [1.807, 2.05) is 30.3 Å². The van der Waals surface area contributed by atoms with Crippen molar-refractivity contribution in [3.8, 4) is 5.75 Å². The van der Waals surface area contributed by atoms with Gasteiger partial charge in [-0.1, -0.05) is 55.5 Å². The van der Waals surface area contributed by atoms with Gasteiger partial charge in [0.15, 0.2) is 0 Å². The lowest BCUT2D eigenvalue weighted by Gasteiger charge is -2.20. The summed E-state index contributed by atoms with van der Waals surface area (Å²) < 4.78 is 18.5. The van der Waals surface area contributed by atoms with Gasteiger partial charge in [0.05, 0.1) is 7.11 Å². The fourth-order valence-electron chi connectivity index (χ4n) is 2.52. The Morgan fingerprint density at radius 1 is 1.00 bits per heavy atom. The predicted octanol–water partition coefficient (Wildman–Crippen LogP) is 2.85. The van der Waals surface area contributed by atoms with Crippen LogP contribution in [0.1, 0.15) is 13.8 Å². The molecule has 98 valence electrons. The van der Waals surface area contributed by atoms with Crippen LogP contribution in [0.4, 0.5) is 4.39 Å². The zero-order valence-electron chi connectivity index (χ0n) is 11.6. The highest BCUT2D eigenvalue weighted by Crippen LogP contribution is 2.15. The van der Waals surface area contributed by atoms with Gasteiger partial charge in [-0.25, -0.2) is 4.39 Å². The SMILES string of the molecule is COc1ccccc1B(c1ccc(F)cc1)C(C)C. The normalized spacial score (nSPS) is 10.6. The van der Waals surface area contributed by atoms with Gasteiger partial charge < -0.3 is 4.74 Å². The molecule has 0 atom stereocenters. The smallest absolute Gasteiger partial charge is 0.216 e. The average molecular weight is 256 g/mol. The van der Waals surface area contributed by atoms with E-state index in [9.17, 15) is 4.39 Å². The van der Waals surface area contributed by atoms with E-state index in [0.29, 0.717) is 5.82 Å².